The summed E-state index contributed by atoms with van der Waals surface area (Å²) in [7, 11) is 0. The number of hydrogen-bond acceptors (Lipinski definition) is 2. The number of piperidine rings is 1. The molecule has 1 aliphatic rings. The van der Waals surface area contributed by atoms with E-state index >= 15 is 0 Å². The second kappa shape index (κ2) is 7.46. The molecule has 2 unspecified atom stereocenters. The second-order valence-electron chi connectivity index (χ2n) is 4.88. The van der Waals surface area contributed by atoms with E-state index in [1.54, 1.807) is 12.1 Å². The van der Waals surface area contributed by atoms with Gasteiger partial charge < -0.3 is 10.6 Å². The van der Waals surface area contributed by atoms with Crippen LogP contribution in [0.15, 0.2) is 24.3 Å². The Morgan fingerprint density at radius 2 is 2.32 bits per heavy atom. The molecule has 1 saturated heterocycles. The first-order chi connectivity index (χ1) is 8.66. The standard InChI is InChI=1S/C14H19FN2O.ClH/c1-10(12-5-3-7-16-9-12)17-14(18)11-4-2-6-13(15)8-11;/h2,4,6,8,10,12,16H,3,5,7,9H2,1H3,(H,17,18);1H. The minimum atomic E-state index is -0.380. The fraction of sp³-hybridized carbons (Fsp3) is 0.500. The van der Waals surface area contributed by atoms with Crippen LogP contribution in [0.5, 0.6) is 0 Å². The number of amides is 1. The third kappa shape index (κ3) is 4.48. The van der Waals surface area contributed by atoms with Gasteiger partial charge in [0, 0.05) is 11.6 Å². The van der Waals surface area contributed by atoms with Gasteiger partial charge in [-0.05, 0) is 57.0 Å². The van der Waals surface area contributed by atoms with Gasteiger partial charge in [-0.2, -0.15) is 0 Å². The monoisotopic (exact) mass is 286 g/mol. The Morgan fingerprint density at radius 3 is 2.95 bits per heavy atom. The van der Waals surface area contributed by atoms with E-state index in [4.69, 9.17) is 0 Å². The van der Waals surface area contributed by atoms with Crippen molar-refractivity contribution < 1.29 is 9.18 Å². The van der Waals surface area contributed by atoms with Crippen LogP contribution in [-0.2, 0) is 0 Å². The van der Waals surface area contributed by atoms with Gasteiger partial charge in [0.05, 0.1) is 0 Å². The van der Waals surface area contributed by atoms with Gasteiger partial charge >= 0.3 is 0 Å². The molecule has 2 rings (SSSR count). The van der Waals surface area contributed by atoms with Crippen molar-refractivity contribution in [3.8, 4) is 0 Å². The molecule has 1 heterocycles. The molecule has 2 atom stereocenters. The number of carbonyl (C=O) groups excluding carboxylic acids is 1. The quantitative estimate of drug-likeness (QED) is 0.896. The largest absolute Gasteiger partial charge is 0.349 e. The number of hydrogen-bond donors (Lipinski definition) is 2. The van der Waals surface area contributed by atoms with Gasteiger partial charge in [-0.25, -0.2) is 4.39 Å². The van der Waals surface area contributed by atoms with Crippen molar-refractivity contribution in [1.82, 2.24) is 10.6 Å². The highest BCUT2D eigenvalue weighted by atomic mass is 35.5. The molecule has 1 aromatic rings. The van der Waals surface area contributed by atoms with Crippen molar-refractivity contribution in [2.24, 2.45) is 5.92 Å². The molecule has 1 fully saturated rings. The van der Waals surface area contributed by atoms with Gasteiger partial charge in [-0.15, -0.1) is 12.4 Å². The van der Waals surface area contributed by atoms with Crippen LogP contribution in [0.25, 0.3) is 0 Å². The van der Waals surface area contributed by atoms with E-state index in [0.717, 1.165) is 25.9 Å². The average molecular weight is 287 g/mol. The van der Waals surface area contributed by atoms with Crippen molar-refractivity contribution in [2.75, 3.05) is 13.1 Å². The first-order valence-electron chi connectivity index (χ1n) is 6.44. The molecule has 1 aromatic carbocycles. The molecule has 19 heavy (non-hydrogen) atoms. The van der Waals surface area contributed by atoms with E-state index < -0.39 is 0 Å². The van der Waals surface area contributed by atoms with Crippen molar-refractivity contribution >= 4 is 18.3 Å². The molecule has 0 bridgehead atoms. The molecular formula is C14H20ClFN2O. The normalized spacial score (nSPS) is 20.2. The maximum Gasteiger partial charge on any atom is 0.251 e. The van der Waals surface area contributed by atoms with Gasteiger partial charge in [0.1, 0.15) is 5.82 Å². The van der Waals surface area contributed by atoms with E-state index in [1.807, 2.05) is 6.92 Å². The number of carbonyl (C=O) groups is 1. The summed E-state index contributed by atoms with van der Waals surface area (Å²) < 4.78 is 13.0. The molecular weight excluding hydrogens is 267 g/mol. The van der Waals surface area contributed by atoms with Gasteiger partial charge in [0.25, 0.3) is 5.91 Å². The molecule has 1 amide bonds. The van der Waals surface area contributed by atoms with Crippen molar-refractivity contribution in [1.29, 1.82) is 0 Å². The lowest BCUT2D eigenvalue weighted by Gasteiger charge is -2.28. The van der Waals surface area contributed by atoms with Crippen LogP contribution in [0.4, 0.5) is 4.39 Å². The summed E-state index contributed by atoms with van der Waals surface area (Å²) in [5.74, 6) is -0.126. The third-order valence-electron chi connectivity index (χ3n) is 3.49. The highest BCUT2D eigenvalue weighted by molar-refractivity contribution is 5.94. The summed E-state index contributed by atoms with van der Waals surface area (Å²) in [6.45, 7) is 4.00. The van der Waals surface area contributed by atoms with E-state index in [0.29, 0.717) is 11.5 Å². The lowest BCUT2D eigenvalue weighted by molar-refractivity contribution is 0.0921. The summed E-state index contributed by atoms with van der Waals surface area (Å²) in [6.07, 6.45) is 2.27. The zero-order valence-electron chi connectivity index (χ0n) is 11.0. The molecule has 0 spiro atoms. The molecule has 3 nitrogen and oxygen atoms in total. The Kier molecular flexibility index (Phi) is 6.25. The van der Waals surface area contributed by atoms with Crippen LogP contribution in [0, 0.1) is 11.7 Å². The van der Waals surface area contributed by atoms with E-state index in [-0.39, 0.29) is 30.2 Å². The lowest BCUT2D eigenvalue weighted by Crippen LogP contribution is -2.44. The van der Waals surface area contributed by atoms with E-state index in [9.17, 15) is 9.18 Å². The van der Waals surface area contributed by atoms with Gasteiger partial charge in [-0.3, -0.25) is 4.79 Å². The van der Waals surface area contributed by atoms with Crippen LogP contribution in [-0.4, -0.2) is 25.0 Å². The van der Waals surface area contributed by atoms with Gasteiger partial charge in [-0.1, -0.05) is 6.07 Å². The number of rotatable bonds is 3. The predicted octanol–water partition coefficient (Wildman–Crippen LogP) is 2.37. The molecule has 0 aliphatic carbocycles. The first kappa shape index (κ1) is 15.9. The fourth-order valence-electron chi connectivity index (χ4n) is 2.34. The molecule has 0 radical (unpaired) electrons. The Labute approximate surface area is 119 Å². The summed E-state index contributed by atoms with van der Waals surface area (Å²) in [6, 6.07) is 5.89. The zero-order valence-corrected chi connectivity index (χ0v) is 11.8. The second-order valence-corrected chi connectivity index (χ2v) is 4.88. The van der Waals surface area contributed by atoms with Gasteiger partial charge in [0.2, 0.25) is 0 Å². The minimum Gasteiger partial charge on any atom is -0.349 e. The molecule has 0 saturated carbocycles. The highest BCUT2D eigenvalue weighted by Gasteiger charge is 2.21. The Morgan fingerprint density at radius 1 is 1.53 bits per heavy atom. The van der Waals surface area contributed by atoms with Crippen LogP contribution >= 0.6 is 12.4 Å². The molecule has 2 N–H and O–H groups in total. The summed E-state index contributed by atoms with van der Waals surface area (Å²) in [5.41, 5.74) is 0.380. The van der Waals surface area contributed by atoms with Crippen LogP contribution in [0.1, 0.15) is 30.1 Å². The predicted molar refractivity (Wildman–Crippen MR) is 76.2 cm³/mol. The third-order valence-corrected chi connectivity index (χ3v) is 3.49. The van der Waals surface area contributed by atoms with E-state index in [2.05, 4.69) is 10.6 Å². The Balaban J connectivity index is 0.00000180. The maximum atomic E-state index is 13.0. The maximum absolute atomic E-state index is 13.0. The SMILES string of the molecule is CC(NC(=O)c1cccc(F)c1)C1CCCNC1.Cl. The summed E-state index contributed by atoms with van der Waals surface area (Å²) >= 11 is 0. The molecule has 1 aliphatic heterocycles. The molecule has 106 valence electrons. The molecule has 5 heteroatoms. The van der Waals surface area contributed by atoms with Gasteiger partial charge in [0.15, 0.2) is 0 Å². The fourth-order valence-corrected chi connectivity index (χ4v) is 2.34. The van der Waals surface area contributed by atoms with E-state index in [1.165, 1.54) is 12.1 Å². The highest BCUT2D eigenvalue weighted by Crippen LogP contribution is 2.14. The average Bonchev–Trinajstić information content (AvgIpc) is 2.39. The van der Waals surface area contributed by atoms with Crippen molar-refractivity contribution in [2.45, 2.75) is 25.8 Å². The van der Waals surface area contributed by atoms with Crippen LogP contribution in [0.2, 0.25) is 0 Å². The Bertz CT molecular complexity index is 422. The smallest absolute Gasteiger partial charge is 0.251 e. The summed E-state index contributed by atoms with van der Waals surface area (Å²) in [5, 5.41) is 6.27. The van der Waals surface area contributed by atoms with Crippen LogP contribution in [0.3, 0.4) is 0 Å². The van der Waals surface area contributed by atoms with Crippen LogP contribution < -0.4 is 10.6 Å². The zero-order chi connectivity index (χ0) is 13.0. The summed E-state index contributed by atoms with van der Waals surface area (Å²) in [4.78, 5) is 12.0. The topological polar surface area (TPSA) is 41.1 Å². The number of halogens is 2. The lowest BCUT2D eigenvalue weighted by atomic mass is 9.92. The van der Waals surface area contributed by atoms with Crippen molar-refractivity contribution in [3.05, 3.63) is 35.6 Å². The molecule has 0 aromatic heterocycles. The number of benzene rings is 1. The Hall–Kier alpha value is -1.13. The minimum absolute atomic E-state index is 0. The van der Waals surface area contributed by atoms with Crippen molar-refractivity contribution in [3.63, 3.8) is 0 Å². The number of nitrogens with one attached hydrogen (secondary N) is 2. The first-order valence-corrected chi connectivity index (χ1v) is 6.44.